The average Bonchev–Trinajstić information content (AvgIpc) is 2.66. The molecular formula is C11H14N2O2. The summed E-state index contributed by atoms with van der Waals surface area (Å²) >= 11 is 0. The minimum Gasteiger partial charge on any atom is -0.396 e. The summed E-state index contributed by atoms with van der Waals surface area (Å²) in [5, 5.41) is 11.7. The highest BCUT2D eigenvalue weighted by Crippen LogP contribution is 2.22. The third-order valence-corrected chi connectivity index (χ3v) is 2.52. The molecule has 0 spiro atoms. The SMILES string of the molecule is O=C1NCCN1c1ccccc1CCO. The molecule has 80 valence electrons. The lowest BCUT2D eigenvalue weighted by atomic mass is 10.1. The Morgan fingerprint density at radius 1 is 1.40 bits per heavy atom. The van der Waals surface area contributed by atoms with E-state index in [0.29, 0.717) is 19.5 Å². The first kappa shape index (κ1) is 9.98. The van der Waals surface area contributed by atoms with Crippen LogP contribution in [0.2, 0.25) is 0 Å². The summed E-state index contributed by atoms with van der Waals surface area (Å²) in [7, 11) is 0. The minimum atomic E-state index is -0.0552. The molecule has 1 aromatic rings. The number of urea groups is 1. The fourth-order valence-corrected chi connectivity index (χ4v) is 1.81. The molecule has 2 N–H and O–H groups in total. The molecule has 1 aromatic carbocycles. The lowest BCUT2D eigenvalue weighted by Gasteiger charge is -2.17. The van der Waals surface area contributed by atoms with Crippen LogP contribution in [0.25, 0.3) is 0 Å². The van der Waals surface area contributed by atoms with Crippen LogP contribution >= 0.6 is 0 Å². The summed E-state index contributed by atoms with van der Waals surface area (Å²) in [6, 6.07) is 7.62. The van der Waals surface area contributed by atoms with Crippen LogP contribution in [0.5, 0.6) is 0 Å². The van der Waals surface area contributed by atoms with E-state index in [-0.39, 0.29) is 12.6 Å². The number of amides is 2. The third kappa shape index (κ3) is 1.94. The van der Waals surface area contributed by atoms with Gasteiger partial charge in [-0.3, -0.25) is 4.90 Å². The largest absolute Gasteiger partial charge is 0.396 e. The summed E-state index contributed by atoms with van der Waals surface area (Å²) in [5.74, 6) is 0. The molecule has 0 aromatic heterocycles. The zero-order valence-electron chi connectivity index (χ0n) is 8.44. The maximum Gasteiger partial charge on any atom is 0.322 e. The van der Waals surface area contributed by atoms with E-state index in [4.69, 9.17) is 5.11 Å². The van der Waals surface area contributed by atoms with Gasteiger partial charge in [0.1, 0.15) is 0 Å². The van der Waals surface area contributed by atoms with Crippen LogP contribution in [0.15, 0.2) is 24.3 Å². The van der Waals surface area contributed by atoms with Crippen LogP contribution in [0, 0.1) is 0 Å². The van der Waals surface area contributed by atoms with Gasteiger partial charge in [-0.05, 0) is 18.1 Å². The number of para-hydroxylation sites is 1. The molecule has 0 bridgehead atoms. The topological polar surface area (TPSA) is 52.6 Å². The molecule has 2 amide bonds. The number of anilines is 1. The van der Waals surface area contributed by atoms with Gasteiger partial charge in [0.2, 0.25) is 0 Å². The summed E-state index contributed by atoms with van der Waals surface area (Å²) < 4.78 is 0. The standard InChI is InChI=1S/C11H14N2O2/c14-8-5-9-3-1-2-4-10(9)13-7-6-12-11(13)15/h1-4,14H,5-8H2,(H,12,15). The number of hydrogen-bond donors (Lipinski definition) is 2. The Balaban J connectivity index is 2.29. The molecule has 0 saturated carbocycles. The molecule has 0 unspecified atom stereocenters. The Kier molecular flexibility index (Phi) is 2.87. The lowest BCUT2D eigenvalue weighted by Crippen LogP contribution is -2.28. The fraction of sp³-hybridized carbons (Fsp3) is 0.364. The molecule has 0 atom stereocenters. The van der Waals surface area contributed by atoms with E-state index in [1.54, 1.807) is 4.90 Å². The van der Waals surface area contributed by atoms with Crippen molar-refractivity contribution < 1.29 is 9.90 Å². The van der Waals surface area contributed by atoms with Crippen LogP contribution in [-0.4, -0.2) is 30.8 Å². The molecule has 0 aliphatic carbocycles. The highest BCUT2D eigenvalue weighted by molar-refractivity contribution is 5.94. The summed E-state index contributed by atoms with van der Waals surface area (Å²) in [5.41, 5.74) is 1.92. The van der Waals surface area contributed by atoms with Gasteiger partial charge in [-0.15, -0.1) is 0 Å². The van der Waals surface area contributed by atoms with Crippen LogP contribution in [0.4, 0.5) is 10.5 Å². The van der Waals surface area contributed by atoms with E-state index in [2.05, 4.69) is 5.32 Å². The Morgan fingerprint density at radius 2 is 2.20 bits per heavy atom. The number of carbonyl (C=O) groups excluding carboxylic acids is 1. The van der Waals surface area contributed by atoms with Crippen molar-refractivity contribution >= 4 is 11.7 Å². The Bertz CT molecular complexity index is 365. The number of aliphatic hydroxyl groups is 1. The monoisotopic (exact) mass is 206 g/mol. The lowest BCUT2D eigenvalue weighted by molar-refractivity contribution is 0.252. The van der Waals surface area contributed by atoms with Crippen molar-refractivity contribution in [3.05, 3.63) is 29.8 Å². The van der Waals surface area contributed by atoms with Crippen LogP contribution in [0.1, 0.15) is 5.56 Å². The van der Waals surface area contributed by atoms with E-state index in [1.165, 1.54) is 0 Å². The van der Waals surface area contributed by atoms with E-state index in [1.807, 2.05) is 24.3 Å². The smallest absolute Gasteiger partial charge is 0.322 e. The Labute approximate surface area is 88.5 Å². The molecule has 0 radical (unpaired) electrons. The van der Waals surface area contributed by atoms with Crippen molar-refractivity contribution in [2.24, 2.45) is 0 Å². The van der Waals surface area contributed by atoms with Crippen molar-refractivity contribution in [1.29, 1.82) is 0 Å². The van der Waals surface area contributed by atoms with Gasteiger partial charge in [0.05, 0.1) is 0 Å². The number of nitrogens with one attached hydrogen (secondary N) is 1. The van der Waals surface area contributed by atoms with Gasteiger partial charge in [-0.1, -0.05) is 18.2 Å². The molecule has 1 heterocycles. The minimum absolute atomic E-state index is 0.0552. The zero-order chi connectivity index (χ0) is 10.7. The van der Waals surface area contributed by atoms with Crippen LogP contribution < -0.4 is 10.2 Å². The van der Waals surface area contributed by atoms with Crippen LogP contribution in [0.3, 0.4) is 0 Å². The molecule has 1 aliphatic heterocycles. The van der Waals surface area contributed by atoms with Gasteiger partial charge >= 0.3 is 6.03 Å². The Hall–Kier alpha value is -1.55. The normalized spacial score (nSPS) is 15.5. The summed E-state index contributed by atoms with van der Waals surface area (Å²) in [6.07, 6.45) is 0.583. The highest BCUT2D eigenvalue weighted by atomic mass is 16.3. The van der Waals surface area contributed by atoms with Crippen molar-refractivity contribution in [3.63, 3.8) is 0 Å². The number of nitrogens with zero attached hydrogens (tertiary/aromatic N) is 1. The summed E-state index contributed by atoms with van der Waals surface area (Å²) in [4.78, 5) is 13.2. The number of aliphatic hydroxyl groups excluding tert-OH is 1. The Morgan fingerprint density at radius 3 is 2.87 bits per heavy atom. The van der Waals surface area contributed by atoms with E-state index >= 15 is 0 Å². The van der Waals surface area contributed by atoms with Crippen molar-refractivity contribution in [2.75, 3.05) is 24.6 Å². The second kappa shape index (κ2) is 4.31. The number of hydrogen-bond acceptors (Lipinski definition) is 2. The molecule has 1 fully saturated rings. The quantitative estimate of drug-likeness (QED) is 0.766. The molecule has 2 rings (SSSR count). The first-order chi connectivity index (χ1) is 7.33. The van der Waals surface area contributed by atoms with Crippen molar-refractivity contribution in [2.45, 2.75) is 6.42 Å². The second-order valence-electron chi connectivity index (χ2n) is 3.49. The van der Waals surface area contributed by atoms with E-state index < -0.39 is 0 Å². The second-order valence-corrected chi connectivity index (χ2v) is 3.49. The first-order valence-electron chi connectivity index (χ1n) is 5.07. The third-order valence-electron chi connectivity index (χ3n) is 2.52. The van der Waals surface area contributed by atoms with Gasteiger partial charge in [-0.2, -0.15) is 0 Å². The van der Waals surface area contributed by atoms with E-state index in [9.17, 15) is 4.79 Å². The number of benzene rings is 1. The molecule has 1 aliphatic rings. The molecule has 4 heteroatoms. The van der Waals surface area contributed by atoms with Crippen molar-refractivity contribution in [1.82, 2.24) is 5.32 Å². The van der Waals surface area contributed by atoms with Crippen molar-refractivity contribution in [3.8, 4) is 0 Å². The van der Waals surface area contributed by atoms with Gasteiger partial charge in [0, 0.05) is 25.4 Å². The average molecular weight is 206 g/mol. The van der Waals surface area contributed by atoms with Gasteiger partial charge in [-0.25, -0.2) is 4.79 Å². The number of carbonyl (C=O) groups is 1. The maximum atomic E-state index is 11.5. The molecular weight excluding hydrogens is 192 g/mol. The summed E-state index contributed by atoms with van der Waals surface area (Å²) in [6.45, 7) is 1.49. The first-order valence-corrected chi connectivity index (χ1v) is 5.07. The maximum absolute atomic E-state index is 11.5. The predicted molar refractivity (Wildman–Crippen MR) is 58.0 cm³/mol. The molecule has 15 heavy (non-hydrogen) atoms. The van der Waals surface area contributed by atoms with Gasteiger partial charge < -0.3 is 10.4 Å². The van der Waals surface area contributed by atoms with Crippen LogP contribution in [-0.2, 0) is 6.42 Å². The number of rotatable bonds is 3. The zero-order valence-corrected chi connectivity index (χ0v) is 8.44. The molecule has 1 saturated heterocycles. The highest BCUT2D eigenvalue weighted by Gasteiger charge is 2.22. The molecule has 4 nitrogen and oxygen atoms in total. The van der Waals surface area contributed by atoms with E-state index in [0.717, 1.165) is 11.3 Å². The van der Waals surface area contributed by atoms with Gasteiger partial charge in [0.15, 0.2) is 0 Å². The fourth-order valence-electron chi connectivity index (χ4n) is 1.81. The predicted octanol–water partition coefficient (Wildman–Crippen LogP) is 0.751. The van der Waals surface area contributed by atoms with Gasteiger partial charge in [0.25, 0.3) is 0 Å².